The molecule has 1 aliphatic rings. The van der Waals surface area contributed by atoms with Gasteiger partial charge in [-0.25, -0.2) is 0 Å². The van der Waals surface area contributed by atoms with Crippen LogP contribution in [-0.4, -0.2) is 22.9 Å². The molecule has 1 aliphatic heterocycles. The molecule has 0 saturated carbocycles. The number of hydrogen-bond acceptors (Lipinski definition) is 2. The molecule has 20 heavy (non-hydrogen) atoms. The third kappa shape index (κ3) is 2.63. The van der Waals surface area contributed by atoms with Crippen LogP contribution in [0.1, 0.15) is 23.9 Å². The van der Waals surface area contributed by atoms with E-state index in [1.807, 2.05) is 0 Å². The normalized spacial score (nSPS) is 16.9. The molecular weight excluding hydrogens is 246 g/mol. The zero-order valence-electron chi connectivity index (χ0n) is 12.4. The zero-order chi connectivity index (χ0) is 14.0. The van der Waals surface area contributed by atoms with Crippen LogP contribution in [0.25, 0.3) is 0 Å². The Kier molecular flexibility index (Phi) is 3.62. The van der Waals surface area contributed by atoms with Gasteiger partial charge in [0.1, 0.15) is 0 Å². The quantitative estimate of drug-likeness (QED) is 0.904. The Morgan fingerprint density at radius 3 is 2.55 bits per heavy atom. The maximum atomic E-state index is 4.57. The average Bonchev–Trinajstić information content (AvgIpc) is 2.77. The van der Waals surface area contributed by atoms with Gasteiger partial charge in [0.25, 0.3) is 0 Å². The predicted molar refractivity (Wildman–Crippen MR) is 81.8 cm³/mol. The van der Waals surface area contributed by atoms with E-state index in [0.717, 1.165) is 38.2 Å². The van der Waals surface area contributed by atoms with Gasteiger partial charge in [-0.2, -0.15) is 5.10 Å². The van der Waals surface area contributed by atoms with Crippen LogP contribution in [0.4, 0.5) is 0 Å². The van der Waals surface area contributed by atoms with Crippen LogP contribution >= 0.6 is 0 Å². The summed E-state index contributed by atoms with van der Waals surface area (Å²) in [6, 6.07) is 13.1. The molecule has 0 radical (unpaired) electrons. The number of benzene rings is 1. The molecule has 1 aromatic heterocycles. The van der Waals surface area contributed by atoms with Gasteiger partial charge in [-0.05, 0) is 38.3 Å². The van der Waals surface area contributed by atoms with Crippen molar-refractivity contribution < 1.29 is 0 Å². The lowest BCUT2D eigenvalue weighted by Gasteiger charge is -2.43. The molecule has 1 N–H and O–H groups in total. The fraction of sp³-hybridized carbons (Fsp3) is 0.471. The number of nitrogens with zero attached hydrogens (tertiary/aromatic N) is 2. The second kappa shape index (κ2) is 5.41. The molecule has 0 aliphatic carbocycles. The van der Waals surface area contributed by atoms with Gasteiger partial charge in [-0.3, -0.25) is 4.68 Å². The average molecular weight is 269 g/mol. The Balaban J connectivity index is 1.79. The van der Waals surface area contributed by atoms with Gasteiger partial charge in [0.2, 0.25) is 0 Å². The standard InChI is InChI=1S/C17H23N3/c1-3-20-16(9-14(2)19-20)11-17(12-18-13-17)10-15-7-5-4-6-8-15/h4-9,18H,3,10-13H2,1-2H3. The van der Waals surface area contributed by atoms with Crippen molar-refractivity contribution in [3.05, 3.63) is 53.3 Å². The predicted octanol–water partition coefficient (Wildman–Crippen LogP) is 2.59. The molecule has 0 spiro atoms. The van der Waals surface area contributed by atoms with Crippen LogP contribution in [0.15, 0.2) is 36.4 Å². The highest BCUT2D eigenvalue weighted by Crippen LogP contribution is 2.32. The lowest BCUT2D eigenvalue weighted by atomic mass is 9.73. The molecule has 2 heterocycles. The fourth-order valence-corrected chi connectivity index (χ4v) is 3.22. The van der Waals surface area contributed by atoms with Gasteiger partial charge in [-0.1, -0.05) is 30.3 Å². The molecule has 2 aromatic rings. The van der Waals surface area contributed by atoms with E-state index in [-0.39, 0.29) is 0 Å². The molecule has 1 fully saturated rings. The molecular formula is C17H23N3. The van der Waals surface area contributed by atoms with Crippen molar-refractivity contribution in [1.82, 2.24) is 15.1 Å². The molecule has 3 heteroatoms. The van der Waals surface area contributed by atoms with Gasteiger partial charge in [0.15, 0.2) is 0 Å². The first-order valence-electron chi connectivity index (χ1n) is 7.49. The summed E-state index contributed by atoms with van der Waals surface area (Å²) in [5.41, 5.74) is 4.31. The van der Waals surface area contributed by atoms with Crippen LogP contribution in [0.5, 0.6) is 0 Å². The van der Waals surface area contributed by atoms with E-state index in [4.69, 9.17) is 0 Å². The summed E-state index contributed by atoms with van der Waals surface area (Å²) in [4.78, 5) is 0. The summed E-state index contributed by atoms with van der Waals surface area (Å²) in [6.45, 7) is 7.42. The van der Waals surface area contributed by atoms with Crippen LogP contribution in [0, 0.1) is 12.3 Å². The van der Waals surface area contributed by atoms with Crippen LogP contribution in [0.2, 0.25) is 0 Å². The van der Waals surface area contributed by atoms with E-state index >= 15 is 0 Å². The second-order valence-corrected chi connectivity index (χ2v) is 6.04. The molecule has 3 nitrogen and oxygen atoms in total. The summed E-state index contributed by atoms with van der Waals surface area (Å²) < 4.78 is 2.15. The maximum absolute atomic E-state index is 4.57. The number of aryl methyl sites for hydroxylation is 2. The number of nitrogens with one attached hydrogen (secondary N) is 1. The summed E-state index contributed by atoms with van der Waals surface area (Å²) >= 11 is 0. The zero-order valence-corrected chi connectivity index (χ0v) is 12.4. The minimum Gasteiger partial charge on any atom is -0.315 e. The van der Waals surface area contributed by atoms with Crippen molar-refractivity contribution in [1.29, 1.82) is 0 Å². The van der Waals surface area contributed by atoms with Crippen molar-refractivity contribution >= 4 is 0 Å². The lowest BCUT2D eigenvalue weighted by molar-refractivity contribution is 0.162. The van der Waals surface area contributed by atoms with Crippen molar-refractivity contribution in [3.8, 4) is 0 Å². The van der Waals surface area contributed by atoms with Crippen molar-refractivity contribution in [3.63, 3.8) is 0 Å². The second-order valence-electron chi connectivity index (χ2n) is 6.04. The number of aromatic nitrogens is 2. The molecule has 3 rings (SSSR count). The fourth-order valence-electron chi connectivity index (χ4n) is 3.22. The summed E-state index contributed by atoms with van der Waals surface area (Å²) in [5, 5.41) is 8.03. The molecule has 0 atom stereocenters. The first-order chi connectivity index (χ1) is 9.71. The van der Waals surface area contributed by atoms with Crippen LogP contribution in [-0.2, 0) is 19.4 Å². The topological polar surface area (TPSA) is 29.9 Å². The highest BCUT2D eigenvalue weighted by Gasteiger charge is 2.37. The molecule has 0 bridgehead atoms. The Morgan fingerprint density at radius 2 is 1.95 bits per heavy atom. The maximum Gasteiger partial charge on any atom is 0.0596 e. The molecule has 106 valence electrons. The van der Waals surface area contributed by atoms with E-state index in [9.17, 15) is 0 Å². The first kappa shape index (κ1) is 13.4. The molecule has 1 saturated heterocycles. The smallest absolute Gasteiger partial charge is 0.0596 e. The molecule has 1 aromatic carbocycles. The largest absolute Gasteiger partial charge is 0.315 e. The van der Waals surface area contributed by atoms with E-state index in [1.54, 1.807) is 0 Å². The van der Waals surface area contributed by atoms with Crippen molar-refractivity contribution in [2.75, 3.05) is 13.1 Å². The van der Waals surface area contributed by atoms with E-state index in [0.29, 0.717) is 5.41 Å². The Bertz CT molecular complexity index is 567. The van der Waals surface area contributed by atoms with Gasteiger partial charge >= 0.3 is 0 Å². The first-order valence-corrected chi connectivity index (χ1v) is 7.49. The van der Waals surface area contributed by atoms with Gasteiger partial charge in [0.05, 0.1) is 5.69 Å². The van der Waals surface area contributed by atoms with Crippen LogP contribution in [0.3, 0.4) is 0 Å². The van der Waals surface area contributed by atoms with Crippen molar-refractivity contribution in [2.45, 2.75) is 33.2 Å². The SMILES string of the molecule is CCn1nc(C)cc1CC1(Cc2ccccc2)CNC1. The molecule has 0 amide bonds. The lowest BCUT2D eigenvalue weighted by Crippen LogP contribution is -2.56. The Labute approximate surface area is 121 Å². The third-order valence-corrected chi connectivity index (χ3v) is 4.26. The van der Waals surface area contributed by atoms with Gasteiger partial charge < -0.3 is 5.32 Å². The number of hydrogen-bond donors (Lipinski definition) is 1. The number of rotatable bonds is 5. The van der Waals surface area contributed by atoms with E-state index in [1.165, 1.54) is 11.3 Å². The Morgan fingerprint density at radius 1 is 1.20 bits per heavy atom. The Hall–Kier alpha value is -1.61. The highest BCUT2D eigenvalue weighted by molar-refractivity contribution is 5.21. The summed E-state index contributed by atoms with van der Waals surface area (Å²) in [7, 11) is 0. The minimum absolute atomic E-state index is 0.362. The van der Waals surface area contributed by atoms with E-state index in [2.05, 4.69) is 65.3 Å². The minimum atomic E-state index is 0.362. The van der Waals surface area contributed by atoms with Gasteiger partial charge in [-0.15, -0.1) is 0 Å². The summed E-state index contributed by atoms with van der Waals surface area (Å²) in [6.07, 6.45) is 2.26. The summed E-state index contributed by atoms with van der Waals surface area (Å²) in [5.74, 6) is 0. The van der Waals surface area contributed by atoms with Crippen LogP contribution < -0.4 is 5.32 Å². The third-order valence-electron chi connectivity index (χ3n) is 4.26. The highest BCUT2D eigenvalue weighted by atomic mass is 15.3. The van der Waals surface area contributed by atoms with E-state index < -0.39 is 0 Å². The van der Waals surface area contributed by atoms with Gasteiger partial charge in [0, 0.05) is 30.7 Å². The molecule has 0 unspecified atom stereocenters. The van der Waals surface area contributed by atoms with Crippen molar-refractivity contribution in [2.24, 2.45) is 5.41 Å². The monoisotopic (exact) mass is 269 g/mol.